The van der Waals surface area contributed by atoms with E-state index in [1.807, 2.05) is 24.4 Å². The first kappa shape index (κ1) is 24.5. The molecular formula is C26H38ClN7O. The molecule has 8 nitrogen and oxygen atoms in total. The molecule has 4 aliphatic heterocycles. The van der Waals surface area contributed by atoms with Crippen LogP contribution < -0.4 is 14.5 Å². The summed E-state index contributed by atoms with van der Waals surface area (Å²) in [6.07, 6.45) is 9.69. The molecule has 6 rings (SSSR count). The van der Waals surface area contributed by atoms with Crippen molar-refractivity contribution in [2.24, 2.45) is 0 Å². The number of hydrogen-bond acceptors (Lipinski definition) is 8. The second-order valence-corrected chi connectivity index (χ2v) is 11.0. The standard InChI is InChI=1S/C13H18ClN3.C13H20N4O/c1-16-7-2-5-13(16)6-8-17(10-13)11-3-4-12(14)15-9-11;1-16-8-3-6-13(16)7-9-17(10-13)11-4-5-12(18-2)15-14-11/h3-4,9H,2,5-8,10H2,1H3;4-5H,3,6-10H2,1-2H3. The number of ether oxygens (including phenoxy) is 1. The van der Waals surface area contributed by atoms with Crippen molar-refractivity contribution in [3.8, 4) is 5.88 Å². The van der Waals surface area contributed by atoms with E-state index in [9.17, 15) is 0 Å². The molecule has 0 aromatic carbocycles. The Labute approximate surface area is 214 Å². The lowest BCUT2D eigenvalue weighted by Crippen LogP contribution is -2.43. The quantitative estimate of drug-likeness (QED) is 0.594. The zero-order valence-corrected chi connectivity index (χ0v) is 22.0. The van der Waals surface area contributed by atoms with Gasteiger partial charge in [0.15, 0.2) is 5.82 Å². The lowest BCUT2D eigenvalue weighted by atomic mass is 9.96. The molecule has 2 atom stereocenters. The van der Waals surface area contributed by atoms with Gasteiger partial charge < -0.3 is 14.5 Å². The minimum Gasteiger partial charge on any atom is -0.480 e. The van der Waals surface area contributed by atoms with E-state index >= 15 is 0 Å². The summed E-state index contributed by atoms with van der Waals surface area (Å²) in [6.45, 7) is 6.88. The van der Waals surface area contributed by atoms with Crippen molar-refractivity contribution in [1.29, 1.82) is 0 Å². The summed E-state index contributed by atoms with van der Waals surface area (Å²) >= 11 is 5.82. The van der Waals surface area contributed by atoms with E-state index in [0.29, 0.717) is 22.1 Å². The number of hydrogen-bond donors (Lipinski definition) is 0. The molecule has 4 fully saturated rings. The minimum atomic E-state index is 0.377. The third-order valence-electron chi connectivity index (χ3n) is 8.79. The highest BCUT2D eigenvalue weighted by Crippen LogP contribution is 2.39. The van der Waals surface area contributed by atoms with Crippen LogP contribution in [0, 0.1) is 0 Å². The van der Waals surface area contributed by atoms with Gasteiger partial charge in [0, 0.05) is 43.3 Å². The Balaban J connectivity index is 0.000000145. The van der Waals surface area contributed by atoms with Gasteiger partial charge in [-0.3, -0.25) is 9.80 Å². The fourth-order valence-corrected chi connectivity index (χ4v) is 6.56. The molecule has 0 amide bonds. The van der Waals surface area contributed by atoms with Crippen LogP contribution in [0.4, 0.5) is 11.5 Å². The van der Waals surface area contributed by atoms with Crippen molar-refractivity contribution in [2.45, 2.75) is 49.6 Å². The topological polar surface area (TPSA) is 60.9 Å². The predicted octanol–water partition coefficient (Wildman–Crippen LogP) is 3.57. The van der Waals surface area contributed by atoms with Gasteiger partial charge in [-0.15, -0.1) is 10.2 Å². The average molecular weight is 500 g/mol. The van der Waals surface area contributed by atoms with Crippen molar-refractivity contribution in [1.82, 2.24) is 25.0 Å². The number of nitrogens with zero attached hydrogens (tertiary/aromatic N) is 7. The molecule has 0 radical (unpaired) electrons. The van der Waals surface area contributed by atoms with Gasteiger partial charge in [-0.1, -0.05) is 11.6 Å². The third kappa shape index (κ3) is 4.93. The first-order valence-corrected chi connectivity index (χ1v) is 13.2. The van der Waals surface area contributed by atoms with Crippen molar-refractivity contribution in [3.63, 3.8) is 0 Å². The minimum absolute atomic E-state index is 0.377. The van der Waals surface area contributed by atoms with E-state index in [1.54, 1.807) is 7.11 Å². The maximum absolute atomic E-state index is 5.82. The van der Waals surface area contributed by atoms with Gasteiger partial charge in [-0.05, 0) is 83.9 Å². The van der Waals surface area contributed by atoms with Gasteiger partial charge in [-0.25, -0.2) is 4.98 Å². The molecule has 4 saturated heterocycles. The van der Waals surface area contributed by atoms with Crippen LogP contribution in [0.5, 0.6) is 5.88 Å². The van der Waals surface area contributed by atoms with Crippen LogP contribution in [0.1, 0.15) is 38.5 Å². The second-order valence-electron chi connectivity index (χ2n) is 10.6. The molecular weight excluding hydrogens is 462 g/mol. The number of pyridine rings is 1. The molecule has 0 aliphatic carbocycles. The SMILES string of the molecule is CN1CCCC12CCN(c1ccc(Cl)nc1)C2.COc1ccc(N2CCC3(CCCN3C)C2)nn1. The lowest BCUT2D eigenvalue weighted by Gasteiger charge is -2.32. The van der Waals surface area contributed by atoms with Crippen LogP contribution in [0.2, 0.25) is 5.15 Å². The van der Waals surface area contributed by atoms with Crippen LogP contribution in [0.25, 0.3) is 0 Å². The molecule has 2 spiro atoms. The summed E-state index contributed by atoms with van der Waals surface area (Å²) in [5, 5.41) is 8.86. The Bertz CT molecular complexity index is 990. The highest BCUT2D eigenvalue weighted by molar-refractivity contribution is 6.29. The number of likely N-dealkylation sites (tertiary alicyclic amines) is 2. The fraction of sp³-hybridized carbons (Fsp3) is 0.654. The van der Waals surface area contributed by atoms with Crippen LogP contribution in [-0.2, 0) is 0 Å². The first-order chi connectivity index (χ1) is 16.9. The largest absolute Gasteiger partial charge is 0.480 e. The summed E-state index contributed by atoms with van der Waals surface area (Å²) in [7, 11) is 6.12. The van der Waals surface area contributed by atoms with E-state index in [-0.39, 0.29) is 0 Å². The van der Waals surface area contributed by atoms with Gasteiger partial charge in [0.1, 0.15) is 5.15 Å². The molecule has 190 valence electrons. The Hall–Kier alpha value is -2.16. The van der Waals surface area contributed by atoms with Crippen molar-refractivity contribution in [3.05, 3.63) is 35.6 Å². The molecule has 2 aromatic rings. The van der Waals surface area contributed by atoms with E-state index in [4.69, 9.17) is 16.3 Å². The molecule has 2 aromatic heterocycles. The number of likely N-dealkylation sites (N-methyl/N-ethyl adjacent to an activating group) is 2. The monoisotopic (exact) mass is 499 g/mol. The Morgan fingerprint density at radius 2 is 1.46 bits per heavy atom. The lowest BCUT2D eigenvalue weighted by molar-refractivity contribution is 0.198. The van der Waals surface area contributed by atoms with Gasteiger partial charge in [0.2, 0.25) is 5.88 Å². The molecule has 2 unspecified atom stereocenters. The molecule has 0 bridgehead atoms. The smallest absolute Gasteiger partial charge is 0.233 e. The Kier molecular flexibility index (Phi) is 7.06. The van der Waals surface area contributed by atoms with Crippen LogP contribution in [0.3, 0.4) is 0 Å². The van der Waals surface area contributed by atoms with Crippen LogP contribution in [-0.4, -0.2) is 96.5 Å². The first-order valence-electron chi connectivity index (χ1n) is 12.8. The number of anilines is 2. The highest BCUT2D eigenvalue weighted by Gasteiger charge is 2.45. The number of rotatable bonds is 3. The maximum Gasteiger partial charge on any atom is 0.233 e. The van der Waals surface area contributed by atoms with E-state index in [1.165, 1.54) is 57.3 Å². The summed E-state index contributed by atoms with van der Waals surface area (Å²) in [6, 6.07) is 7.83. The summed E-state index contributed by atoms with van der Waals surface area (Å²) in [4.78, 5) is 14.0. The normalized spacial score (nSPS) is 28.8. The number of aromatic nitrogens is 3. The second kappa shape index (κ2) is 10.1. The third-order valence-corrected chi connectivity index (χ3v) is 9.01. The van der Waals surface area contributed by atoms with Gasteiger partial charge in [0.05, 0.1) is 19.0 Å². The van der Waals surface area contributed by atoms with Gasteiger partial charge in [-0.2, -0.15) is 0 Å². The van der Waals surface area contributed by atoms with Crippen molar-refractivity contribution >= 4 is 23.1 Å². The van der Waals surface area contributed by atoms with Gasteiger partial charge >= 0.3 is 0 Å². The number of halogens is 1. The van der Waals surface area contributed by atoms with Crippen LogP contribution in [0.15, 0.2) is 30.5 Å². The van der Waals surface area contributed by atoms with Crippen LogP contribution >= 0.6 is 11.6 Å². The Morgan fingerprint density at radius 1 is 0.800 bits per heavy atom. The zero-order chi connectivity index (χ0) is 24.5. The van der Waals surface area contributed by atoms with Crippen molar-refractivity contribution < 1.29 is 4.74 Å². The van der Waals surface area contributed by atoms with E-state index in [2.05, 4.69) is 54.9 Å². The summed E-state index contributed by atoms with van der Waals surface area (Å²) in [5.41, 5.74) is 1.99. The van der Waals surface area contributed by atoms with E-state index < -0.39 is 0 Å². The maximum atomic E-state index is 5.82. The molecule has 0 saturated carbocycles. The molecule has 35 heavy (non-hydrogen) atoms. The zero-order valence-electron chi connectivity index (χ0n) is 21.3. The van der Waals surface area contributed by atoms with Crippen molar-refractivity contribution in [2.75, 3.05) is 70.3 Å². The molecule has 6 heterocycles. The molecule has 4 aliphatic rings. The molecule has 9 heteroatoms. The average Bonchev–Trinajstić information content (AvgIpc) is 3.66. The summed E-state index contributed by atoms with van der Waals surface area (Å²) in [5.74, 6) is 1.54. The molecule has 0 N–H and O–H groups in total. The number of methoxy groups -OCH3 is 1. The predicted molar refractivity (Wildman–Crippen MR) is 141 cm³/mol. The fourth-order valence-electron chi connectivity index (χ4n) is 6.45. The highest BCUT2D eigenvalue weighted by atomic mass is 35.5. The van der Waals surface area contributed by atoms with Gasteiger partial charge in [0.25, 0.3) is 0 Å². The Morgan fingerprint density at radius 3 is 1.97 bits per heavy atom. The summed E-state index contributed by atoms with van der Waals surface area (Å²) < 4.78 is 5.04. The van der Waals surface area contributed by atoms with E-state index in [0.717, 1.165) is 32.0 Å².